The van der Waals surface area contributed by atoms with Crippen LogP contribution < -0.4 is 4.74 Å². The van der Waals surface area contributed by atoms with Gasteiger partial charge in [-0.3, -0.25) is 4.79 Å². The molecule has 0 aliphatic rings. The number of methoxy groups -OCH3 is 1. The maximum absolute atomic E-state index is 11.7. The first-order valence-corrected chi connectivity index (χ1v) is 6.61. The van der Waals surface area contributed by atoms with Crippen molar-refractivity contribution in [3.05, 3.63) is 29.3 Å². The molecule has 0 radical (unpaired) electrons. The third-order valence-electron chi connectivity index (χ3n) is 2.50. The first-order valence-electron chi connectivity index (χ1n) is 5.49. The minimum absolute atomic E-state index is 0.0650. The third kappa shape index (κ3) is 3.34. The molecule has 0 heterocycles. The molecule has 0 saturated carbocycles. The molecule has 1 rings (SSSR count). The second-order valence-corrected chi connectivity index (χ2v) is 4.26. The minimum Gasteiger partial charge on any atom is -0.496 e. The number of hydrogen-bond donors (Lipinski definition) is 0. The van der Waals surface area contributed by atoms with Crippen molar-refractivity contribution < 1.29 is 9.53 Å². The number of Topliss-reactive ketones (excluding diaryl/α,β-unsaturated/α-hetero) is 1. The summed E-state index contributed by atoms with van der Waals surface area (Å²) in [5.74, 6) is 0.722. The highest BCUT2D eigenvalue weighted by atomic mass is 79.9. The van der Waals surface area contributed by atoms with E-state index in [2.05, 4.69) is 22.9 Å². The third-order valence-corrected chi connectivity index (χ3v) is 3.01. The molecular weight excluding hydrogens is 268 g/mol. The van der Waals surface area contributed by atoms with Gasteiger partial charge in [-0.25, -0.2) is 0 Å². The number of alkyl halides is 1. The number of benzene rings is 1. The highest BCUT2D eigenvalue weighted by Gasteiger charge is 2.11. The predicted octanol–water partition coefficient (Wildman–Crippen LogP) is 3.62. The Labute approximate surface area is 105 Å². The average Bonchev–Trinajstić information content (AvgIpc) is 2.35. The van der Waals surface area contributed by atoms with Crippen molar-refractivity contribution in [3.63, 3.8) is 0 Å². The van der Waals surface area contributed by atoms with Crippen molar-refractivity contribution in [1.82, 2.24) is 0 Å². The van der Waals surface area contributed by atoms with Crippen LogP contribution in [0.5, 0.6) is 5.75 Å². The van der Waals surface area contributed by atoms with E-state index in [1.807, 2.05) is 18.2 Å². The van der Waals surface area contributed by atoms with Crippen LogP contribution in [0.25, 0.3) is 0 Å². The van der Waals surface area contributed by atoms with E-state index in [-0.39, 0.29) is 5.78 Å². The average molecular weight is 285 g/mol. The van der Waals surface area contributed by atoms with Crippen LogP contribution in [-0.2, 0) is 6.42 Å². The van der Waals surface area contributed by atoms with E-state index < -0.39 is 0 Å². The Bertz CT molecular complexity index is 361. The van der Waals surface area contributed by atoms with E-state index in [0.717, 1.165) is 19.3 Å². The van der Waals surface area contributed by atoms with Crippen LogP contribution in [0.2, 0.25) is 0 Å². The van der Waals surface area contributed by atoms with Gasteiger partial charge in [-0.2, -0.15) is 0 Å². The molecule has 0 spiro atoms. The lowest BCUT2D eigenvalue weighted by atomic mass is 10.0. The summed E-state index contributed by atoms with van der Waals surface area (Å²) >= 11 is 3.19. The van der Waals surface area contributed by atoms with Gasteiger partial charge in [0.1, 0.15) is 5.75 Å². The Kier molecular flexibility index (Phi) is 5.53. The van der Waals surface area contributed by atoms with Gasteiger partial charge in [0.25, 0.3) is 0 Å². The molecule has 0 N–H and O–H groups in total. The Morgan fingerprint density at radius 2 is 2.19 bits per heavy atom. The van der Waals surface area contributed by atoms with Crippen LogP contribution >= 0.6 is 15.9 Å². The number of ketones is 1. The number of carbonyl (C=O) groups is 1. The fourth-order valence-electron chi connectivity index (χ4n) is 1.58. The second kappa shape index (κ2) is 6.69. The molecule has 2 nitrogen and oxygen atoms in total. The van der Waals surface area contributed by atoms with E-state index in [1.54, 1.807) is 7.11 Å². The molecule has 3 heteroatoms. The zero-order valence-corrected chi connectivity index (χ0v) is 11.3. The summed E-state index contributed by atoms with van der Waals surface area (Å²) in [6.45, 7) is 2.16. The number of rotatable bonds is 6. The predicted molar refractivity (Wildman–Crippen MR) is 69.7 cm³/mol. The molecule has 0 saturated heterocycles. The lowest BCUT2D eigenvalue weighted by molar-refractivity contribution is 0.102. The van der Waals surface area contributed by atoms with Crippen LogP contribution in [-0.4, -0.2) is 18.2 Å². The van der Waals surface area contributed by atoms with Crippen molar-refractivity contribution in [2.45, 2.75) is 26.2 Å². The van der Waals surface area contributed by atoms with Gasteiger partial charge in [-0.1, -0.05) is 35.3 Å². The number of carbonyl (C=O) groups excluding carboxylic acids is 1. The molecule has 0 fully saturated rings. The molecule has 0 unspecified atom stereocenters. The fraction of sp³-hybridized carbons (Fsp3) is 0.462. The first-order chi connectivity index (χ1) is 7.72. The van der Waals surface area contributed by atoms with Gasteiger partial charge in [0.05, 0.1) is 18.0 Å². The van der Waals surface area contributed by atoms with E-state index in [9.17, 15) is 4.79 Å². The zero-order valence-electron chi connectivity index (χ0n) is 9.75. The van der Waals surface area contributed by atoms with Crippen molar-refractivity contribution >= 4 is 21.7 Å². The van der Waals surface area contributed by atoms with Crippen LogP contribution in [0.4, 0.5) is 0 Å². The Morgan fingerprint density at radius 3 is 2.75 bits per heavy atom. The van der Waals surface area contributed by atoms with Gasteiger partial charge in [-0.15, -0.1) is 0 Å². The lowest BCUT2D eigenvalue weighted by Crippen LogP contribution is -2.04. The molecular formula is C13H17BrO2. The maximum Gasteiger partial charge on any atom is 0.177 e. The van der Waals surface area contributed by atoms with Crippen molar-refractivity contribution in [2.75, 3.05) is 12.4 Å². The second-order valence-electron chi connectivity index (χ2n) is 3.69. The Morgan fingerprint density at radius 1 is 1.44 bits per heavy atom. The number of halogens is 1. The summed E-state index contributed by atoms with van der Waals surface area (Å²) in [7, 11) is 1.59. The van der Waals surface area contributed by atoms with Gasteiger partial charge in [-0.05, 0) is 30.5 Å². The van der Waals surface area contributed by atoms with Gasteiger partial charge in [0.2, 0.25) is 0 Å². The SMILES string of the molecule is CCCCc1ccc(OC)c(C(=O)CBr)c1. The smallest absolute Gasteiger partial charge is 0.177 e. The summed E-state index contributed by atoms with van der Waals surface area (Å²) in [5.41, 5.74) is 1.87. The number of aryl methyl sites for hydroxylation is 1. The monoisotopic (exact) mass is 284 g/mol. The van der Waals surface area contributed by atoms with Crippen LogP contribution in [0, 0.1) is 0 Å². The standard InChI is InChI=1S/C13H17BrO2/c1-3-4-5-10-6-7-13(16-2)11(8-10)12(15)9-14/h6-8H,3-5,9H2,1-2H3. The largest absolute Gasteiger partial charge is 0.496 e. The van der Waals surface area contributed by atoms with Crippen LogP contribution in [0.3, 0.4) is 0 Å². The number of hydrogen-bond acceptors (Lipinski definition) is 2. The molecule has 0 amide bonds. The minimum atomic E-state index is 0.0650. The highest BCUT2D eigenvalue weighted by molar-refractivity contribution is 9.09. The summed E-state index contributed by atoms with van der Waals surface area (Å²) < 4.78 is 5.19. The fourth-order valence-corrected chi connectivity index (χ4v) is 1.88. The molecule has 0 aromatic heterocycles. The van der Waals surface area contributed by atoms with E-state index in [1.165, 1.54) is 5.56 Å². The normalized spacial score (nSPS) is 10.2. The quantitative estimate of drug-likeness (QED) is 0.589. The molecule has 88 valence electrons. The van der Waals surface area contributed by atoms with Gasteiger partial charge in [0, 0.05) is 0 Å². The lowest BCUT2D eigenvalue weighted by Gasteiger charge is -2.08. The van der Waals surface area contributed by atoms with E-state index in [0.29, 0.717) is 16.6 Å². The summed E-state index contributed by atoms with van der Waals surface area (Å²) in [4.78, 5) is 11.7. The van der Waals surface area contributed by atoms with Crippen molar-refractivity contribution in [3.8, 4) is 5.75 Å². The van der Waals surface area contributed by atoms with E-state index >= 15 is 0 Å². The van der Waals surface area contributed by atoms with Crippen LogP contribution in [0.15, 0.2) is 18.2 Å². The van der Waals surface area contributed by atoms with Crippen molar-refractivity contribution in [1.29, 1.82) is 0 Å². The summed E-state index contributed by atoms with van der Waals surface area (Å²) in [6.07, 6.45) is 3.32. The number of unbranched alkanes of at least 4 members (excludes halogenated alkanes) is 1. The molecule has 0 aliphatic heterocycles. The topological polar surface area (TPSA) is 26.3 Å². The Balaban J connectivity index is 2.96. The van der Waals surface area contributed by atoms with Gasteiger partial charge < -0.3 is 4.74 Å². The van der Waals surface area contributed by atoms with Gasteiger partial charge >= 0.3 is 0 Å². The molecule has 0 atom stereocenters. The summed E-state index contributed by atoms with van der Waals surface area (Å²) in [5, 5.41) is 0.334. The zero-order chi connectivity index (χ0) is 12.0. The molecule has 16 heavy (non-hydrogen) atoms. The van der Waals surface area contributed by atoms with Crippen LogP contribution in [0.1, 0.15) is 35.7 Å². The molecule has 1 aromatic carbocycles. The van der Waals surface area contributed by atoms with E-state index in [4.69, 9.17) is 4.74 Å². The molecule has 0 bridgehead atoms. The van der Waals surface area contributed by atoms with Gasteiger partial charge in [0.15, 0.2) is 5.78 Å². The summed E-state index contributed by atoms with van der Waals surface area (Å²) in [6, 6.07) is 5.85. The molecule has 1 aromatic rings. The molecule has 0 aliphatic carbocycles. The highest BCUT2D eigenvalue weighted by Crippen LogP contribution is 2.22. The maximum atomic E-state index is 11.7. The Hall–Kier alpha value is -0.830. The number of ether oxygens (including phenoxy) is 1. The first kappa shape index (κ1) is 13.2. The van der Waals surface area contributed by atoms with Crippen molar-refractivity contribution in [2.24, 2.45) is 0 Å².